The molecule has 0 N–H and O–H groups in total. The summed E-state index contributed by atoms with van der Waals surface area (Å²) in [4.78, 5) is 0. The van der Waals surface area contributed by atoms with Gasteiger partial charge < -0.3 is 0 Å². The van der Waals surface area contributed by atoms with Gasteiger partial charge in [-0.2, -0.15) is 0 Å². The van der Waals surface area contributed by atoms with Crippen molar-refractivity contribution in [2.24, 2.45) is 0 Å². The van der Waals surface area contributed by atoms with Crippen molar-refractivity contribution in [3.05, 3.63) is 83.0 Å². The first-order chi connectivity index (χ1) is 10.4. The Hall–Kier alpha value is -0.625. The first-order valence-corrected chi connectivity index (χ1v) is 8.22. The molecule has 3 rings (SSSR count). The van der Waals surface area contributed by atoms with E-state index in [1.807, 2.05) is 0 Å². The zero-order valence-electron chi connectivity index (χ0n) is 14.2. The maximum absolute atomic E-state index is 2.42. The third-order valence-electron chi connectivity index (χ3n) is 5.16. The minimum absolute atomic E-state index is 0.120. The van der Waals surface area contributed by atoms with Crippen molar-refractivity contribution in [3.8, 4) is 0 Å². The Kier molecular flexibility index (Phi) is 4.51. The normalized spacial score (nSPS) is 31.0. The van der Waals surface area contributed by atoms with Crippen LogP contribution < -0.4 is 0 Å². The van der Waals surface area contributed by atoms with Gasteiger partial charge in [0.25, 0.3) is 0 Å². The molecular formula is C20H20Li2. The molecule has 0 saturated heterocycles. The monoisotopic (exact) mass is 274 g/mol. The topological polar surface area (TPSA) is 0 Å². The summed E-state index contributed by atoms with van der Waals surface area (Å²) in [5.74, 6) is 0. The fraction of sp³-hybridized carbons (Fsp3) is 0.300. The third-order valence-corrected chi connectivity index (χ3v) is 5.16. The van der Waals surface area contributed by atoms with Gasteiger partial charge in [-0.1, -0.05) is 0 Å². The molecule has 0 saturated carbocycles. The Bertz CT molecular complexity index is 651. The standard InChI is InChI=1S/C20H20.2Li/c1-15-6-3-8-17(12-15)19-10-5-11-20(14-19)18-9-4-7-16(2)13-18;;/h3-11,14H,12-13H2,1-2H3;;. The summed E-state index contributed by atoms with van der Waals surface area (Å²) in [6, 6.07) is 9.21. The van der Waals surface area contributed by atoms with Crippen LogP contribution in [0.15, 0.2) is 71.9 Å². The van der Waals surface area contributed by atoms with Gasteiger partial charge in [0.05, 0.1) is 0 Å². The Morgan fingerprint density at radius 3 is 1.68 bits per heavy atom. The van der Waals surface area contributed by atoms with E-state index in [0.717, 1.165) is 12.8 Å². The average molecular weight is 274 g/mol. The van der Waals surface area contributed by atoms with Crippen LogP contribution in [-0.4, -0.2) is 35.4 Å². The second-order valence-corrected chi connectivity index (χ2v) is 7.51. The third kappa shape index (κ3) is 3.18. The Morgan fingerprint density at radius 2 is 1.27 bits per heavy atom. The predicted molar refractivity (Wildman–Crippen MR) is 96.3 cm³/mol. The number of hydrogen-bond donors (Lipinski definition) is 0. The van der Waals surface area contributed by atoms with Gasteiger partial charge in [-0.25, -0.2) is 0 Å². The Labute approximate surface area is 152 Å². The maximum atomic E-state index is 2.42. The molecule has 0 aliphatic heterocycles. The van der Waals surface area contributed by atoms with Gasteiger partial charge in [-0.3, -0.25) is 0 Å². The quantitative estimate of drug-likeness (QED) is 0.708. The van der Waals surface area contributed by atoms with Crippen molar-refractivity contribution < 1.29 is 0 Å². The molecule has 0 heterocycles. The predicted octanol–water partition coefficient (Wildman–Crippen LogP) is 4.23. The minimum atomic E-state index is 0.120. The van der Waals surface area contributed by atoms with Gasteiger partial charge in [-0.05, 0) is 0 Å². The fourth-order valence-electron chi connectivity index (χ4n) is 3.87. The number of allylic oxidation sites excluding steroid dienone is 8. The van der Waals surface area contributed by atoms with E-state index in [0.29, 0.717) is 0 Å². The van der Waals surface area contributed by atoms with E-state index in [-0.39, 0.29) is 8.18 Å². The Morgan fingerprint density at radius 1 is 0.818 bits per heavy atom. The SMILES string of the molecule is [Li][C]1(c2cccc([C]3([Li])C=CC=C(C)C3)c2)C=CC=C(C)C1. The molecule has 0 aromatic heterocycles. The van der Waals surface area contributed by atoms with Gasteiger partial charge in [0.1, 0.15) is 0 Å². The van der Waals surface area contributed by atoms with Gasteiger partial charge in [0, 0.05) is 0 Å². The van der Waals surface area contributed by atoms with Crippen LogP contribution in [0.1, 0.15) is 37.8 Å². The molecule has 1 aromatic carbocycles. The zero-order valence-corrected chi connectivity index (χ0v) is 14.2. The van der Waals surface area contributed by atoms with E-state index in [4.69, 9.17) is 0 Å². The van der Waals surface area contributed by atoms with Crippen molar-refractivity contribution in [1.82, 2.24) is 0 Å². The van der Waals surface area contributed by atoms with Crippen LogP contribution >= 0.6 is 0 Å². The summed E-state index contributed by atoms with van der Waals surface area (Å²) >= 11 is 4.70. The fourth-order valence-corrected chi connectivity index (χ4v) is 3.87. The van der Waals surface area contributed by atoms with E-state index in [1.54, 1.807) is 0 Å². The molecule has 1 aromatic rings. The summed E-state index contributed by atoms with van der Waals surface area (Å²) < 4.78 is 0.239. The number of benzene rings is 1. The van der Waals surface area contributed by atoms with E-state index >= 15 is 0 Å². The first kappa shape index (κ1) is 16.2. The Balaban J connectivity index is 1.98. The summed E-state index contributed by atoms with van der Waals surface area (Å²) in [7, 11) is 0. The molecule has 0 radical (unpaired) electrons. The molecule has 2 heteroatoms. The van der Waals surface area contributed by atoms with Crippen LogP contribution in [0, 0.1) is 0 Å². The van der Waals surface area contributed by atoms with Crippen molar-refractivity contribution in [3.63, 3.8) is 0 Å². The summed E-state index contributed by atoms with van der Waals surface area (Å²) in [5, 5.41) is 0. The van der Waals surface area contributed by atoms with Crippen LogP contribution in [0.5, 0.6) is 0 Å². The van der Waals surface area contributed by atoms with E-state index < -0.39 is 0 Å². The molecule has 2 unspecified atom stereocenters. The molecule has 22 heavy (non-hydrogen) atoms. The van der Waals surface area contributed by atoms with Crippen molar-refractivity contribution >= 4 is 35.4 Å². The second-order valence-electron chi connectivity index (χ2n) is 7.51. The molecule has 0 nitrogen and oxygen atoms in total. The van der Waals surface area contributed by atoms with Crippen LogP contribution in [-0.2, 0) is 8.18 Å². The van der Waals surface area contributed by atoms with Crippen LogP contribution in [0.3, 0.4) is 0 Å². The van der Waals surface area contributed by atoms with Gasteiger partial charge in [0.2, 0.25) is 0 Å². The van der Waals surface area contributed by atoms with E-state index in [2.05, 4.69) is 110 Å². The van der Waals surface area contributed by atoms with Crippen molar-refractivity contribution in [2.75, 3.05) is 0 Å². The first-order valence-electron chi connectivity index (χ1n) is 8.22. The molecule has 0 bridgehead atoms. The molecule has 0 fully saturated rings. The van der Waals surface area contributed by atoms with Crippen molar-refractivity contribution in [2.45, 2.75) is 34.9 Å². The number of hydrogen-bond acceptors (Lipinski definition) is 0. The van der Waals surface area contributed by atoms with Gasteiger partial charge in [0.15, 0.2) is 0 Å². The van der Waals surface area contributed by atoms with Crippen LogP contribution in [0.2, 0.25) is 0 Å². The van der Waals surface area contributed by atoms with Gasteiger partial charge in [-0.15, -0.1) is 0 Å². The summed E-state index contributed by atoms with van der Waals surface area (Å²) in [6.07, 6.45) is 15.8. The molecular weight excluding hydrogens is 254 g/mol. The number of rotatable bonds is 2. The zero-order chi connectivity index (χ0) is 15.8. The average Bonchev–Trinajstić information content (AvgIpc) is 2.47. The van der Waals surface area contributed by atoms with Crippen LogP contribution in [0.4, 0.5) is 0 Å². The van der Waals surface area contributed by atoms with Crippen molar-refractivity contribution in [1.29, 1.82) is 0 Å². The molecule has 102 valence electrons. The van der Waals surface area contributed by atoms with Crippen LogP contribution in [0.25, 0.3) is 0 Å². The molecule has 2 atom stereocenters. The molecule has 2 aliphatic carbocycles. The molecule has 0 amide bonds. The van der Waals surface area contributed by atoms with Gasteiger partial charge >= 0.3 is 153 Å². The summed E-state index contributed by atoms with van der Waals surface area (Å²) in [5.41, 5.74) is 5.77. The molecule has 2 aliphatic rings. The molecule has 0 spiro atoms. The second kappa shape index (κ2) is 6.11. The van der Waals surface area contributed by atoms with E-state index in [9.17, 15) is 0 Å². The van der Waals surface area contributed by atoms with E-state index in [1.165, 1.54) is 22.3 Å². The summed E-state index contributed by atoms with van der Waals surface area (Å²) in [6.45, 7) is 4.45.